The van der Waals surface area contributed by atoms with Crippen molar-refractivity contribution in [2.45, 2.75) is 57.4 Å². The number of hydrogen-bond donors (Lipinski definition) is 1. The minimum Gasteiger partial charge on any atom is -0.481 e. The Kier molecular flexibility index (Phi) is 3.53. The molecule has 2 aliphatic rings. The highest BCUT2D eigenvalue weighted by Crippen LogP contribution is 2.44. The van der Waals surface area contributed by atoms with Crippen LogP contribution in [0.3, 0.4) is 0 Å². The van der Waals surface area contributed by atoms with E-state index in [0.29, 0.717) is 6.42 Å². The van der Waals surface area contributed by atoms with Gasteiger partial charge in [-0.05, 0) is 51.1 Å². The average molecular weight is 225 g/mol. The van der Waals surface area contributed by atoms with Gasteiger partial charge in [-0.1, -0.05) is 13.3 Å². The first-order valence-electron chi connectivity index (χ1n) is 6.63. The molecule has 1 saturated heterocycles. The quantitative estimate of drug-likeness (QED) is 0.799. The Hall–Kier alpha value is -0.570. The highest BCUT2D eigenvalue weighted by Gasteiger charge is 2.45. The zero-order chi connectivity index (χ0) is 11.6. The highest BCUT2D eigenvalue weighted by molar-refractivity contribution is 5.68. The predicted molar refractivity (Wildman–Crippen MR) is 63.4 cm³/mol. The number of carboxylic acid groups (broad SMARTS) is 1. The van der Waals surface area contributed by atoms with Crippen LogP contribution in [0.2, 0.25) is 0 Å². The molecule has 2 fully saturated rings. The molecule has 16 heavy (non-hydrogen) atoms. The molecule has 2 atom stereocenters. The number of hydrogen-bond acceptors (Lipinski definition) is 2. The van der Waals surface area contributed by atoms with Crippen molar-refractivity contribution in [1.29, 1.82) is 0 Å². The smallest absolute Gasteiger partial charge is 0.305 e. The van der Waals surface area contributed by atoms with Gasteiger partial charge in [0.15, 0.2) is 0 Å². The van der Waals surface area contributed by atoms with Crippen LogP contribution >= 0.6 is 0 Å². The number of nitrogens with zero attached hydrogens (tertiary/aromatic N) is 1. The lowest BCUT2D eigenvalue weighted by Crippen LogP contribution is -2.46. The van der Waals surface area contributed by atoms with Crippen LogP contribution in [0.15, 0.2) is 0 Å². The molecule has 0 spiro atoms. The van der Waals surface area contributed by atoms with Gasteiger partial charge in [0.05, 0.1) is 6.42 Å². The van der Waals surface area contributed by atoms with Crippen LogP contribution in [0, 0.1) is 5.92 Å². The molecule has 1 N–H and O–H groups in total. The van der Waals surface area contributed by atoms with E-state index in [9.17, 15) is 4.79 Å². The zero-order valence-corrected chi connectivity index (χ0v) is 10.2. The fourth-order valence-electron chi connectivity index (χ4n) is 3.60. The first kappa shape index (κ1) is 11.9. The number of carboxylic acids is 1. The maximum Gasteiger partial charge on any atom is 0.305 e. The van der Waals surface area contributed by atoms with Crippen LogP contribution in [0.5, 0.6) is 0 Å². The van der Waals surface area contributed by atoms with E-state index < -0.39 is 5.97 Å². The summed E-state index contributed by atoms with van der Waals surface area (Å²) in [7, 11) is 0. The third-order valence-corrected chi connectivity index (χ3v) is 4.52. The molecule has 1 heterocycles. The fraction of sp³-hybridized carbons (Fsp3) is 0.923. The van der Waals surface area contributed by atoms with Crippen LogP contribution in [0.1, 0.15) is 51.9 Å². The minimum atomic E-state index is -0.622. The Morgan fingerprint density at radius 1 is 1.44 bits per heavy atom. The summed E-state index contributed by atoms with van der Waals surface area (Å²) in [6.07, 6.45) is 7.48. The van der Waals surface area contributed by atoms with Crippen molar-refractivity contribution < 1.29 is 9.90 Å². The molecule has 0 aromatic heterocycles. The van der Waals surface area contributed by atoms with Crippen molar-refractivity contribution in [2.75, 3.05) is 13.1 Å². The Labute approximate surface area is 97.8 Å². The van der Waals surface area contributed by atoms with Gasteiger partial charge in [0.2, 0.25) is 0 Å². The summed E-state index contributed by atoms with van der Waals surface area (Å²) in [5, 5.41) is 9.13. The second-order valence-corrected chi connectivity index (χ2v) is 5.51. The normalized spacial score (nSPS) is 35.7. The summed E-state index contributed by atoms with van der Waals surface area (Å²) in [6.45, 7) is 4.46. The predicted octanol–water partition coefficient (Wildman–Crippen LogP) is 2.51. The van der Waals surface area contributed by atoms with E-state index in [-0.39, 0.29) is 5.54 Å². The molecule has 3 nitrogen and oxygen atoms in total. The van der Waals surface area contributed by atoms with E-state index in [1.54, 1.807) is 0 Å². The first-order chi connectivity index (χ1) is 7.66. The van der Waals surface area contributed by atoms with Crippen LogP contribution in [0.4, 0.5) is 0 Å². The van der Waals surface area contributed by atoms with Gasteiger partial charge in [0.25, 0.3) is 0 Å². The lowest BCUT2D eigenvalue weighted by Gasteiger charge is -2.38. The van der Waals surface area contributed by atoms with E-state index in [1.807, 2.05) is 0 Å². The van der Waals surface area contributed by atoms with E-state index in [2.05, 4.69) is 11.8 Å². The summed E-state index contributed by atoms with van der Waals surface area (Å²) in [5.41, 5.74) is 0.00299. The lowest BCUT2D eigenvalue weighted by atomic mass is 9.89. The topological polar surface area (TPSA) is 40.5 Å². The Morgan fingerprint density at radius 2 is 2.12 bits per heavy atom. The van der Waals surface area contributed by atoms with Crippen molar-refractivity contribution >= 4 is 5.97 Å². The first-order valence-corrected chi connectivity index (χ1v) is 6.63. The van der Waals surface area contributed by atoms with Gasteiger partial charge in [0.1, 0.15) is 0 Å². The molecule has 2 unspecified atom stereocenters. The van der Waals surface area contributed by atoms with Crippen LogP contribution in [0.25, 0.3) is 0 Å². The standard InChI is InChI=1S/C13H23NO2/c1-2-11-5-6-13(9-11,10-12(15)16)14-7-3-4-8-14/h11H,2-10H2,1H3,(H,15,16). The molecule has 1 aliphatic heterocycles. The summed E-state index contributed by atoms with van der Waals surface area (Å²) >= 11 is 0. The second kappa shape index (κ2) is 4.74. The monoisotopic (exact) mass is 225 g/mol. The number of rotatable bonds is 4. The van der Waals surface area contributed by atoms with Crippen molar-refractivity contribution in [3.05, 3.63) is 0 Å². The second-order valence-electron chi connectivity index (χ2n) is 5.51. The summed E-state index contributed by atoms with van der Waals surface area (Å²) in [5.74, 6) is 0.128. The molecule has 3 heteroatoms. The highest BCUT2D eigenvalue weighted by atomic mass is 16.4. The van der Waals surface area contributed by atoms with Gasteiger partial charge in [-0.25, -0.2) is 0 Å². The number of carbonyl (C=O) groups is 1. The molecule has 1 saturated carbocycles. The largest absolute Gasteiger partial charge is 0.481 e. The summed E-state index contributed by atoms with van der Waals surface area (Å²) < 4.78 is 0. The Balaban J connectivity index is 2.09. The van der Waals surface area contributed by atoms with Crippen LogP contribution < -0.4 is 0 Å². The van der Waals surface area contributed by atoms with Crippen LogP contribution in [-0.2, 0) is 4.79 Å². The van der Waals surface area contributed by atoms with Crippen LogP contribution in [-0.4, -0.2) is 34.6 Å². The molecular weight excluding hydrogens is 202 g/mol. The van der Waals surface area contributed by atoms with E-state index in [0.717, 1.165) is 31.8 Å². The molecule has 2 rings (SSSR count). The van der Waals surface area contributed by atoms with Crippen molar-refractivity contribution in [3.8, 4) is 0 Å². The maximum absolute atomic E-state index is 11.1. The van der Waals surface area contributed by atoms with E-state index >= 15 is 0 Å². The maximum atomic E-state index is 11.1. The molecule has 0 bridgehead atoms. The van der Waals surface area contributed by atoms with Crippen molar-refractivity contribution in [1.82, 2.24) is 4.90 Å². The molecule has 0 amide bonds. The molecule has 0 radical (unpaired) electrons. The molecule has 0 aromatic rings. The van der Waals surface area contributed by atoms with Crippen molar-refractivity contribution in [2.24, 2.45) is 5.92 Å². The SMILES string of the molecule is CCC1CCC(CC(=O)O)(N2CCCC2)C1. The number of likely N-dealkylation sites (tertiary alicyclic amines) is 1. The molecule has 92 valence electrons. The number of aliphatic carboxylic acids is 1. The molecule has 1 aliphatic carbocycles. The average Bonchev–Trinajstić information content (AvgIpc) is 2.84. The minimum absolute atomic E-state index is 0.00299. The fourth-order valence-corrected chi connectivity index (χ4v) is 3.60. The van der Waals surface area contributed by atoms with Gasteiger partial charge in [0, 0.05) is 5.54 Å². The lowest BCUT2D eigenvalue weighted by molar-refractivity contribution is -0.140. The summed E-state index contributed by atoms with van der Waals surface area (Å²) in [4.78, 5) is 13.6. The van der Waals surface area contributed by atoms with Crippen molar-refractivity contribution in [3.63, 3.8) is 0 Å². The van der Waals surface area contributed by atoms with Gasteiger partial charge >= 0.3 is 5.97 Å². The zero-order valence-electron chi connectivity index (χ0n) is 10.2. The van der Waals surface area contributed by atoms with Gasteiger partial charge < -0.3 is 5.11 Å². The third kappa shape index (κ3) is 2.24. The Morgan fingerprint density at radius 3 is 2.62 bits per heavy atom. The van der Waals surface area contributed by atoms with Gasteiger partial charge in [-0.2, -0.15) is 0 Å². The van der Waals surface area contributed by atoms with E-state index in [4.69, 9.17) is 5.11 Å². The summed E-state index contributed by atoms with van der Waals surface area (Å²) in [6, 6.07) is 0. The van der Waals surface area contributed by atoms with E-state index in [1.165, 1.54) is 25.7 Å². The molecular formula is C13H23NO2. The van der Waals surface area contributed by atoms with Gasteiger partial charge in [-0.3, -0.25) is 9.69 Å². The molecule has 0 aromatic carbocycles. The third-order valence-electron chi connectivity index (χ3n) is 4.52. The van der Waals surface area contributed by atoms with Gasteiger partial charge in [-0.15, -0.1) is 0 Å². The Bertz CT molecular complexity index is 261.